The first-order valence-electron chi connectivity index (χ1n) is 12.0. The molecule has 0 unspecified atom stereocenters. The molecule has 2 aromatic rings. The fourth-order valence-corrected chi connectivity index (χ4v) is 5.51. The van der Waals surface area contributed by atoms with E-state index in [2.05, 4.69) is 0 Å². The van der Waals surface area contributed by atoms with E-state index >= 15 is 0 Å². The molecular formula is C28H28N2O5. The van der Waals surface area contributed by atoms with Crippen LogP contribution in [0, 0.1) is 37.5 Å². The Morgan fingerprint density at radius 2 is 1.71 bits per heavy atom. The van der Waals surface area contributed by atoms with Gasteiger partial charge in [-0.25, -0.2) is 4.90 Å². The minimum atomic E-state index is -0.600. The Hall–Kier alpha value is -3.74. The van der Waals surface area contributed by atoms with E-state index in [4.69, 9.17) is 4.74 Å². The highest BCUT2D eigenvalue weighted by atomic mass is 16.5. The zero-order valence-corrected chi connectivity index (χ0v) is 20.1. The Morgan fingerprint density at radius 3 is 2.43 bits per heavy atom. The summed E-state index contributed by atoms with van der Waals surface area (Å²) < 4.78 is 5.61. The van der Waals surface area contributed by atoms with Crippen molar-refractivity contribution in [3.05, 3.63) is 65.7 Å². The van der Waals surface area contributed by atoms with Gasteiger partial charge in [0.15, 0.2) is 0 Å². The summed E-state index contributed by atoms with van der Waals surface area (Å²) in [6.45, 7) is 6.14. The number of hydrogen-bond donors (Lipinski definition) is 0. The topological polar surface area (TPSA) is 84.0 Å². The maximum absolute atomic E-state index is 13.1. The van der Waals surface area contributed by atoms with Crippen LogP contribution in [0.25, 0.3) is 0 Å². The van der Waals surface area contributed by atoms with E-state index in [1.165, 1.54) is 4.90 Å². The van der Waals surface area contributed by atoms with Gasteiger partial charge in [0.1, 0.15) is 5.75 Å². The predicted molar refractivity (Wildman–Crippen MR) is 131 cm³/mol. The molecule has 5 rings (SSSR count). The van der Waals surface area contributed by atoms with E-state index in [0.29, 0.717) is 12.1 Å². The van der Waals surface area contributed by atoms with Crippen molar-refractivity contribution in [2.24, 2.45) is 23.7 Å². The lowest BCUT2D eigenvalue weighted by Crippen LogP contribution is -2.31. The van der Waals surface area contributed by atoms with Crippen LogP contribution in [0.15, 0.2) is 54.6 Å². The van der Waals surface area contributed by atoms with E-state index in [1.807, 2.05) is 51.1 Å². The average Bonchev–Trinajstić information content (AvgIpc) is 3.31. The third-order valence-corrected chi connectivity index (χ3v) is 7.14. The first-order chi connectivity index (χ1) is 16.7. The molecular weight excluding hydrogens is 444 g/mol. The first-order valence-corrected chi connectivity index (χ1v) is 12.0. The molecule has 0 saturated carbocycles. The minimum absolute atomic E-state index is 0.00347. The van der Waals surface area contributed by atoms with Crippen LogP contribution in [-0.4, -0.2) is 30.2 Å². The van der Waals surface area contributed by atoms with E-state index in [1.54, 1.807) is 29.2 Å². The van der Waals surface area contributed by atoms with Gasteiger partial charge in [-0.05, 0) is 61.6 Å². The Bertz CT molecular complexity index is 1250. The van der Waals surface area contributed by atoms with Gasteiger partial charge in [-0.2, -0.15) is 0 Å². The van der Waals surface area contributed by atoms with Gasteiger partial charge in [0, 0.05) is 24.7 Å². The Balaban J connectivity index is 1.30. The number of fused-ring (bicyclic) bond motifs is 1. The first kappa shape index (κ1) is 23.0. The molecule has 2 aliphatic heterocycles. The van der Waals surface area contributed by atoms with Gasteiger partial charge < -0.3 is 9.64 Å². The van der Waals surface area contributed by atoms with E-state index in [-0.39, 0.29) is 54.2 Å². The molecule has 0 N–H and O–H groups in total. The summed E-state index contributed by atoms with van der Waals surface area (Å²) in [4.78, 5) is 54.5. The molecule has 180 valence electrons. The number of allylic oxidation sites excluding steroid dienone is 2. The maximum atomic E-state index is 13.1. The summed E-state index contributed by atoms with van der Waals surface area (Å²) >= 11 is 0. The zero-order chi connectivity index (χ0) is 24.9. The minimum Gasteiger partial charge on any atom is -0.426 e. The fraction of sp³-hybridized carbons (Fsp3) is 0.357. The highest BCUT2D eigenvalue weighted by Gasteiger charge is 2.50. The summed E-state index contributed by atoms with van der Waals surface area (Å²) in [5.41, 5.74) is 3.27. The molecule has 0 bridgehead atoms. The van der Waals surface area contributed by atoms with Crippen LogP contribution in [-0.2, 0) is 19.2 Å². The summed E-state index contributed by atoms with van der Waals surface area (Å²) in [7, 11) is 0. The number of anilines is 2. The molecule has 3 aliphatic rings. The van der Waals surface area contributed by atoms with Crippen LogP contribution in [0.1, 0.15) is 30.9 Å². The van der Waals surface area contributed by atoms with Crippen molar-refractivity contribution in [2.75, 3.05) is 16.3 Å². The molecule has 0 radical (unpaired) electrons. The van der Waals surface area contributed by atoms with Crippen molar-refractivity contribution >= 4 is 35.1 Å². The van der Waals surface area contributed by atoms with Crippen LogP contribution in [0.4, 0.5) is 11.4 Å². The third-order valence-electron chi connectivity index (χ3n) is 7.14. The number of esters is 1. The van der Waals surface area contributed by atoms with Gasteiger partial charge in [0.25, 0.3) is 0 Å². The molecule has 0 spiro atoms. The van der Waals surface area contributed by atoms with Gasteiger partial charge in [-0.1, -0.05) is 31.2 Å². The number of benzene rings is 2. The standard InChI is InChI=1S/C28H28N2O5/c1-16-10-17(2)12-21(11-16)29-15-19(13-24(29)31)28(34)35-22-8-5-7-20(14-22)30-26(32)23-9-4-6-18(3)25(23)27(30)33/h4-8,10-12,14,18-19,23,25H,9,13,15H2,1-3H3/t18-,19-,23+,25+/m1/s1. The number of nitrogens with zero attached hydrogens (tertiary/aromatic N) is 2. The van der Waals surface area contributed by atoms with E-state index in [9.17, 15) is 19.2 Å². The lowest BCUT2D eigenvalue weighted by Gasteiger charge is -2.22. The molecule has 7 heteroatoms. The molecule has 35 heavy (non-hydrogen) atoms. The largest absolute Gasteiger partial charge is 0.426 e. The fourth-order valence-electron chi connectivity index (χ4n) is 5.51. The molecule has 2 heterocycles. The molecule has 4 atom stereocenters. The molecule has 3 amide bonds. The molecule has 2 fully saturated rings. The number of rotatable bonds is 4. The van der Waals surface area contributed by atoms with E-state index in [0.717, 1.165) is 16.8 Å². The van der Waals surface area contributed by atoms with Crippen molar-refractivity contribution < 1.29 is 23.9 Å². The monoisotopic (exact) mass is 472 g/mol. The van der Waals surface area contributed by atoms with Crippen molar-refractivity contribution in [1.82, 2.24) is 0 Å². The third kappa shape index (κ3) is 4.16. The molecule has 7 nitrogen and oxygen atoms in total. The molecule has 0 aromatic heterocycles. The molecule has 2 aromatic carbocycles. The summed E-state index contributed by atoms with van der Waals surface area (Å²) in [6.07, 6.45) is 4.57. The zero-order valence-electron chi connectivity index (χ0n) is 20.1. The average molecular weight is 473 g/mol. The molecule has 2 saturated heterocycles. The lowest BCUT2D eigenvalue weighted by molar-refractivity contribution is -0.139. The second-order valence-electron chi connectivity index (χ2n) is 9.84. The van der Waals surface area contributed by atoms with Crippen LogP contribution in [0.2, 0.25) is 0 Å². The Kier molecular flexibility index (Phi) is 5.79. The smallest absolute Gasteiger partial charge is 0.316 e. The van der Waals surface area contributed by atoms with Crippen LogP contribution in [0.5, 0.6) is 5.75 Å². The number of imide groups is 1. The predicted octanol–water partition coefficient (Wildman–Crippen LogP) is 3.96. The quantitative estimate of drug-likeness (QED) is 0.291. The second kappa shape index (κ2) is 8.80. The SMILES string of the molecule is Cc1cc(C)cc(N2C[C@H](C(=O)Oc3cccc(N4C(=O)[C@H]5[C@H](C)C=CC[C@@H]5C4=O)c3)CC2=O)c1. The van der Waals surface area contributed by atoms with Gasteiger partial charge in [-0.15, -0.1) is 0 Å². The van der Waals surface area contributed by atoms with Crippen LogP contribution in [0.3, 0.4) is 0 Å². The van der Waals surface area contributed by atoms with Crippen LogP contribution >= 0.6 is 0 Å². The van der Waals surface area contributed by atoms with Crippen LogP contribution < -0.4 is 14.5 Å². The Morgan fingerprint density at radius 1 is 0.971 bits per heavy atom. The summed E-state index contributed by atoms with van der Waals surface area (Å²) in [5.74, 6) is -2.14. The van der Waals surface area contributed by atoms with Gasteiger partial charge in [0.05, 0.1) is 23.4 Å². The van der Waals surface area contributed by atoms with Crippen molar-refractivity contribution in [3.63, 3.8) is 0 Å². The second-order valence-corrected chi connectivity index (χ2v) is 9.84. The highest BCUT2D eigenvalue weighted by molar-refractivity contribution is 6.22. The summed E-state index contributed by atoms with van der Waals surface area (Å²) in [6, 6.07) is 12.4. The van der Waals surface area contributed by atoms with Crippen molar-refractivity contribution in [1.29, 1.82) is 0 Å². The number of ether oxygens (including phenoxy) is 1. The number of aryl methyl sites for hydroxylation is 2. The van der Waals surface area contributed by atoms with Gasteiger partial charge >= 0.3 is 5.97 Å². The number of carbonyl (C=O) groups is 4. The number of hydrogen-bond acceptors (Lipinski definition) is 5. The van der Waals surface area contributed by atoms with Gasteiger partial charge in [-0.3, -0.25) is 19.2 Å². The van der Waals surface area contributed by atoms with Gasteiger partial charge in [0.2, 0.25) is 17.7 Å². The van der Waals surface area contributed by atoms with E-state index < -0.39 is 11.9 Å². The Labute approximate surface area is 204 Å². The molecule has 1 aliphatic carbocycles. The van der Waals surface area contributed by atoms with Crippen molar-refractivity contribution in [3.8, 4) is 5.75 Å². The summed E-state index contributed by atoms with van der Waals surface area (Å²) in [5, 5.41) is 0. The number of carbonyl (C=O) groups excluding carboxylic acids is 4. The normalized spacial score (nSPS) is 25.9. The van der Waals surface area contributed by atoms with Crippen molar-refractivity contribution in [2.45, 2.75) is 33.6 Å². The lowest BCUT2D eigenvalue weighted by atomic mass is 9.78. The maximum Gasteiger partial charge on any atom is 0.316 e. The number of amides is 3. The highest BCUT2D eigenvalue weighted by Crippen LogP contribution is 2.41.